The lowest BCUT2D eigenvalue weighted by atomic mass is 10.0. The van der Waals surface area contributed by atoms with E-state index in [1.165, 1.54) is 0 Å². The van der Waals surface area contributed by atoms with Crippen molar-refractivity contribution in [2.24, 2.45) is 11.7 Å². The van der Waals surface area contributed by atoms with E-state index in [9.17, 15) is 9.59 Å². The summed E-state index contributed by atoms with van der Waals surface area (Å²) in [4.78, 5) is 23.9. The third kappa shape index (κ3) is 5.66. The van der Waals surface area contributed by atoms with Crippen LogP contribution < -0.4 is 16.4 Å². The second-order valence-corrected chi connectivity index (χ2v) is 5.79. The number of halogens is 1. The first-order chi connectivity index (χ1) is 9.72. The van der Waals surface area contributed by atoms with Gasteiger partial charge in [-0.1, -0.05) is 6.92 Å². The Hall–Kier alpha value is -1.59. The highest BCUT2D eigenvalue weighted by Gasteiger charge is 2.18. The summed E-state index contributed by atoms with van der Waals surface area (Å²) in [5.41, 5.74) is 7.85. The Morgan fingerprint density at radius 3 is 2.18 bits per heavy atom. The van der Waals surface area contributed by atoms with E-state index in [2.05, 4.69) is 10.6 Å². The van der Waals surface area contributed by atoms with Crippen molar-refractivity contribution in [2.75, 3.05) is 5.32 Å². The molecule has 1 aromatic rings. The van der Waals surface area contributed by atoms with Crippen LogP contribution in [0.25, 0.3) is 0 Å². The lowest BCUT2D eigenvalue weighted by Gasteiger charge is -2.17. The Bertz CT molecular complexity index is 530. The molecule has 0 aromatic heterocycles. The first-order valence-electron chi connectivity index (χ1n) is 7.20. The molecule has 0 saturated carbocycles. The molecule has 0 radical (unpaired) electrons. The fourth-order valence-corrected chi connectivity index (χ4v) is 1.78. The van der Waals surface area contributed by atoms with Gasteiger partial charge in [-0.05, 0) is 51.5 Å². The van der Waals surface area contributed by atoms with E-state index >= 15 is 0 Å². The summed E-state index contributed by atoms with van der Waals surface area (Å²) in [5, 5.41) is 5.68. The van der Waals surface area contributed by atoms with Crippen molar-refractivity contribution in [3.05, 3.63) is 29.3 Å². The van der Waals surface area contributed by atoms with Crippen molar-refractivity contribution in [2.45, 2.75) is 46.7 Å². The molecule has 5 nitrogen and oxygen atoms in total. The van der Waals surface area contributed by atoms with Crippen molar-refractivity contribution < 1.29 is 9.59 Å². The molecule has 0 fully saturated rings. The number of carbonyl (C=O) groups is 2. The molecular formula is C16H26ClN3O2. The standard InChI is InChI=1S/C16H25N3O2.ClH/c1-9(2)18-16(21)13-6-7-14(10(3)8-13)19-15(20)11(4)12(5)17;/h6-9,11-12H,17H2,1-5H3,(H,18,21)(H,19,20);1H. The predicted molar refractivity (Wildman–Crippen MR) is 92.5 cm³/mol. The number of nitrogens with two attached hydrogens (primary N) is 1. The number of hydrogen-bond donors (Lipinski definition) is 3. The normalized spacial score (nSPS) is 13.0. The van der Waals surface area contributed by atoms with Crippen molar-refractivity contribution >= 4 is 29.9 Å². The van der Waals surface area contributed by atoms with Crippen LogP contribution in [0.3, 0.4) is 0 Å². The lowest BCUT2D eigenvalue weighted by molar-refractivity contribution is -0.119. The largest absolute Gasteiger partial charge is 0.350 e. The second kappa shape index (κ2) is 8.76. The number of rotatable bonds is 5. The highest BCUT2D eigenvalue weighted by atomic mass is 35.5. The quantitative estimate of drug-likeness (QED) is 0.776. The molecule has 0 saturated heterocycles. The molecule has 6 heteroatoms. The topological polar surface area (TPSA) is 84.2 Å². The molecule has 2 atom stereocenters. The number of anilines is 1. The summed E-state index contributed by atoms with van der Waals surface area (Å²) >= 11 is 0. The van der Waals surface area contributed by atoms with Gasteiger partial charge in [0.1, 0.15) is 0 Å². The Morgan fingerprint density at radius 1 is 1.14 bits per heavy atom. The first kappa shape index (κ1) is 20.4. The number of hydrogen-bond acceptors (Lipinski definition) is 3. The van der Waals surface area contributed by atoms with Gasteiger partial charge in [-0.2, -0.15) is 0 Å². The van der Waals surface area contributed by atoms with Gasteiger partial charge in [-0.15, -0.1) is 12.4 Å². The van der Waals surface area contributed by atoms with Gasteiger partial charge >= 0.3 is 0 Å². The van der Waals surface area contributed by atoms with Crippen LogP contribution in [0.4, 0.5) is 5.69 Å². The van der Waals surface area contributed by atoms with Crippen molar-refractivity contribution in [3.63, 3.8) is 0 Å². The molecule has 1 rings (SSSR count). The summed E-state index contributed by atoms with van der Waals surface area (Å²) in [6.45, 7) is 9.28. The third-order valence-corrected chi connectivity index (χ3v) is 3.37. The van der Waals surface area contributed by atoms with E-state index < -0.39 is 0 Å². The fourth-order valence-electron chi connectivity index (χ4n) is 1.78. The average Bonchev–Trinajstić information content (AvgIpc) is 2.38. The van der Waals surface area contributed by atoms with E-state index in [1.807, 2.05) is 20.8 Å². The molecule has 0 aliphatic carbocycles. The molecule has 0 aliphatic heterocycles. The van der Waals surface area contributed by atoms with Crippen LogP contribution in [0.15, 0.2) is 18.2 Å². The molecule has 0 aliphatic rings. The van der Waals surface area contributed by atoms with Crippen LogP contribution in [0.2, 0.25) is 0 Å². The number of amides is 2. The molecule has 0 heterocycles. The highest BCUT2D eigenvalue weighted by Crippen LogP contribution is 2.18. The van der Waals surface area contributed by atoms with Crippen LogP contribution >= 0.6 is 12.4 Å². The van der Waals surface area contributed by atoms with E-state index in [0.717, 1.165) is 5.56 Å². The molecule has 2 unspecified atom stereocenters. The molecule has 124 valence electrons. The van der Waals surface area contributed by atoms with Crippen LogP contribution in [-0.2, 0) is 4.79 Å². The van der Waals surface area contributed by atoms with Gasteiger partial charge in [-0.3, -0.25) is 9.59 Å². The van der Waals surface area contributed by atoms with Crippen molar-refractivity contribution in [1.82, 2.24) is 5.32 Å². The van der Waals surface area contributed by atoms with Crippen molar-refractivity contribution in [3.8, 4) is 0 Å². The number of aryl methyl sites for hydroxylation is 1. The van der Waals surface area contributed by atoms with Gasteiger partial charge < -0.3 is 16.4 Å². The SMILES string of the molecule is Cc1cc(C(=O)NC(C)C)ccc1NC(=O)C(C)C(C)N.Cl. The molecule has 4 N–H and O–H groups in total. The number of nitrogens with one attached hydrogen (secondary N) is 2. The van der Waals surface area contributed by atoms with E-state index in [0.29, 0.717) is 11.3 Å². The maximum atomic E-state index is 12.0. The summed E-state index contributed by atoms with van der Waals surface area (Å²) in [7, 11) is 0. The minimum atomic E-state index is -0.270. The number of carbonyl (C=O) groups excluding carboxylic acids is 2. The summed E-state index contributed by atoms with van der Waals surface area (Å²) in [6.07, 6.45) is 0. The van der Waals surface area contributed by atoms with E-state index in [1.54, 1.807) is 32.0 Å². The smallest absolute Gasteiger partial charge is 0.251 e. The van der Waals surface area contributed by atoms with Crippen LogP contribution in [0.5, 0.6) is 0 Å². The maximum Gasteiger partial charge on any atom is 0.251 e. The molecule has 1 aromatic carbocycles. The highest BCUT2D eigenvalue weighted by molar-refractivity contribution is 5.97. The zero-order valence-corrected chi connectivity index (χ0v) is 14.6. The molecule has 2 amide bonds. The zero-order valence-electron chi connectivity index (χ0n) is 13.8. The maximum absolute atomic E-state index is 12.0. The number of benzene rings is 1. The fraction of sp³-hybridized carbons (Fsp3) is 0.500. The van der Waals surface area contributed by atoms with Gasteiger partial charge in [0.25, 0.3) is 5.91 Å². The van der Waals surface area contributed by atoms with Gasteiger partial charge in [0.15, 0.2) is 0 Å². The monoisotopic (exact) mass is 327 g/mol. The minimum Gasteiger partial charge on any atom is -0.350 e. The predicted octanol–water partition coefficient (Wildman–Crippen LogP) is 2.48. The Kier molecular flexibility index (Phi) is 8.12. The summed E-state index contributed by atoms with van der Waals surface area (Å²) < 4.78 is 0. The lowest BCUT2D eigenvalue weighted by Crippen LogP contribution is -2.34. The summed E-state index contributed by atoms with van der Waals surface area (Å²) in [6, 6.07) is 5.10. The molecule has 0 spiro atoms. The van der Waals surface area contributed by atoms with Crippen molar-refractivity contribution in [1.29, 1.82) is 0 Å². The Balaban J connectivity index is 0.00000441. The van der Waals surface area contributed by atoms with Gasteiger partial charge in [0.2, 0.25) is 5.91 Å². The minimum absolute atomic E-state index is 0. The third-order valence-electron chi connectivity index (χ3n) is 3.37. The van der Waals surface area contributed by atoms with E-state index in [4.69, 9.17) is 5.73 Å². The second-order valence-electron chi connectivity index (χ2n) is 5.79. The Labute approximate surface area is 138 Å². The Morgan fingerprint density at radius 2 is 1.73 bits per heavy atom. The van der Waals surface area contributed by atoms with E-state index in [-0.39, 0.29) is 42.2 Å². The van der Waals surface area contributed by atoms with Crippen LogP contribution in [0.1, 0.15) is 43.6 Å². The van der Waals surface area contributed by atoms with Gasteiger partial charge in [0.05, 0.1) is 5.92 Å². The summed E-state index contributed by atoms with van der Waals surface area (Å²) in [5.74, 6) is -0.504. The average molecular weight is 328 g/mol. The first-order valence-corrected chi connectivity index (χ1v) is 7.20. The molecule has 0 bridgehead atoms. The van der Waals surface area contributed by atoms with Gasteiger partial charge in [-0.25, -0.2) is 0 Å². The molecule has 22 heavy (non-hydrogen) atoms. The van der Waals surface area contributed by atoms with Gasteiger partial charge in [0, 0.05) is 23.3 Å². The zero-order chi connectivity index (χ0) is 16.2. The molecular weight excluding hydrogens is 302 g/mol. The van der Waals surface area contributed by atoms with Crippen LogP contribution in [-0.4, -0.2) is 23.9 Å². The van der Waals surface area contributed by atoms with Crippen LogP contribution in [0, 0.1) is 12.8 Å².